The number of phenols is 1. The van der Waals surface area contributed by atoms with Crippen LogP contribution in [0.2, 0.25) is 0 Å². The number of ether oxygens (including phenoxy) is 2. The Kier molecular flexibility index (Phi) is 2.86. The average Bonchev–Trinajstić information content (AvgIpc) is 2.33. The highest BCUT2D eigenvalue weighted by Gasteiger charge is 2.11. The Morgan fingerprint density at radius 3 is 2.44 bits per heavy atom. The highest BCUT2D eigenvalue weighted by molar-refractivity contribution is 5.95. The van der Waals surface area contributed by atoms with Gasteiger partial charge in [0.2, 0.25) is 0 Å². The molecular formula is C13H14O3. The average molecular weight is 218 g/mol. The summed E-state index contributed by atoms with van der Waals surface area (Å²) in [5.74, 6) is 1.33. The summed E-state index contributed by atoms with van der Waals surface area (Å²) >= 11 is 0. The van der Waals surface area contributed by atoms with Gasteiger partial charge in [-0.05, 0) is 6.92 Å². The first-order valence-corrected chi connectivity index (χ1v) is 5.19. The van der Waals surface area contributed by atoms with Crippen LogP contribution in [0.4, 0.5) is 0 Å². The van der Waals surface area contributed by atoms with Gasteiger partial charge in [0.25, 0.3) is 0 Å². The van der Waals surface area contributed by atoms with Crippen molar-refractivity contribution in [3.8, 4) is 17.2 Å². The van der Waals surface area contributed by atoms with Crippen LogP contribution in [0.25, 0.3) is 10.8 Å². The van der Waals surface area contributed by atoms with E-state index in [0.717, 1.165) is 10.8 Å². The zero-order valence-electron chi connectivity index (χ0n) is 9.36. The van der Waals surface area contributed by atoms with Gasteiger partial charge in [-0.3, -0.25) is 0 Å². The summed E-state index contributed by atoms with van der Waals surface area (Å²) in [6.07, 6.45) is 0. The van der Waals surface area contributed by atoms with Gasteiger partial charge in [0, 0.05) is 16.8 Å². The molecule has 0 heterocycles. The van der Waals surface area contributed by atoms with E-state index in [1.807, 2.05) is 31.2 Å². The second-order valence-electron chi connectivity index (χ2n) is 3.40. The van der Waals surface area contributed by atoms with Crippen LogP contribution in [-0.2, 0) is 0 Å². The molecule has 0 fully saturated rings. The second kappa shape index (κ2) is 4.31. The van der Waals surface area contributed by atoms with E-state index in [0.29, 0.717) is 18.1 Å². The molecule has 0 aliphatic heterocycles. The van der Waals surface area contributed by atoms with E-state index in [4.69, 9.17) is 9.47 Å². The largest absolute Gasteiger partial charge is 0.504 e. The van der Waals surface area contributed by atoms with Crippen molar-refractivity contribution < 1.29 is 14.6 Å². The van der Waals surface area contributed by atoms with E-state index < -0.39 is 0 Å². The summed E-state index contributed by atoms with van der Waals surface area (Å²) in [6.45, 7) is 2.39. The van der Waals surface area contributed by atoms with E-state index in [-0.39, 0.29) is 5.75 Å². The van der Waals surface area contributed by atoms with Crippen LogP contribution in [0.1, 0.15) is 6.92 Å². The Hall–Kier alpha value is -1.90. The first kappa shape index (κ1) is 10.6. The molecule has 0 spiro atoms. The maximum absolute atomic E-state index is 10.0. The molecular weight excluding hydrogens is 204 g/mol. The zero-order chi connectivity index (χ0) is 11.5. The fraction of sp³-hybridized carbons (Fsp3) is 0.231. The van der Waals surface area contributed by atoms with Gasteiger partial charge in [-0.1, -0.05) is 24.3 Å². The second-order valence-corrected chi connectivity index (χ2v) is 3.40. The molecule has 3 heteroatoms. The highest BCUT2D eigenvalue weighted by Crippen LogP contribution is 2.40. The molecule has 3 nitrogen and oxygen atoms in total. The number of hydrogen-bond acceptors (Lipinski definition) is 3. The molecule has 2 aromatic rings. The first-order valence-electron chi connectivity index (χ1n) is 5.19. The molecule has 16 heavy (non-hydrogen) atoms. The van der Waals surface area contributed by atoms with Crippen LogP contribution >= 0.6 is 0 Å². The predicted molar refractivity (Wildman–Crippen MR) is 63.3 cm³/mol. The molecule has 0 unspecified atom stereocenters. The van der Waals surface area contributed by atoms with Crippen LogP contribution in [0.3, 0.4) is 0 Å². The lowest BCUT2D eigenvalue weighted by molar-refractivity contribution is 0.317. The number of hydrogen-bond donors (Lipinski definition) is 1. The summed E-state index contributed by atoms with van der Waals surface area (Å²) in [4.78, 5) is 0. The molecule has 0 saturated heterocycles. The third-order valence-corrected chi connectivity index (χ3v) is 2.46. The van der Waals surface area contributed by atoms with Crippen LogP contribution in [0, 0.1) is 0 Å². The monoisotopic (exact) mass is 218 g/mol. The normalized spacial score (nSPS) is 10.4. The van der Waals surface area contributed by atoms with Crippen LogP contribution < -0.4 is 9.47 Å². The van der Waals surface area contributed by atoms with Crippen molar-refractivity contribution in [1.29, 1.82) is 0 Å². The van der Waals surface area contributed by atoms with Crippen molar-refractivity contribution in [3.63, 3.8) is 0 Å². The Balaban J connectivity index is 2.72. The van der Waals surface area contributed by atoms with Crippen molar-refractivity contribution in [2.75, 3.05) is 13.7 Å². The number of methoxy groups -OCH3 is 1. The van der Waals surface area contributed by atoms with Gasteiger partial charge in [0.05, 0.1) is 13.7 Å². The maximum atomic E-state index is 10.0. The first-order chi connectivity index (χ1) is 7.77. The van der Waals surface area contributed by atoms with Crippen molar-refractivity contribution in [1.82, 2.24) is 0 Å². The van der Waals surface area contributed by atoms with Gasteiger partial charge in [0.15, 0.2) is 11.5 Å². The van der Waals surface area contributed by atoms with Crippen LogP contribution in [0.5, 0.6) is 17.2 Å². The minimum Gasteiger partial charge on any atom is -0.504 e. The van der Waals surface area contributed by atoms with E-state index in [2.05, 4.69) is 0 Å². The lowest BCUT2D eigenvalue weighted by atomic mass is 10.1. The lowest BCUT2D eigenvalue weighted by Crippen LogP contribution is -1.94. The van der Waals surface area contributed by atoms with Crippen LogP contribution in [-0.4, -0.2) is 18.8 Å². The molecule has 2 aromatic carbocycles. The minimum atomic E-state index is 0.165. The number of rotatable bonds is 3. The molecule has 0 amide bonds. The van der Waals surface area contributed by atoms with Gasteiger partial charge in [-0.15, -0.1) is 0 Å². The number of fused-ring (bicyclic) bond motifs is 1. The van der Waals surface area contributed by atoms with E-state index in [9.17, 15) is 5.11 Å². The predicted octanol–water partition coefficient (Wildman–Crippen LogP) is 2.95. The molecule has 0 bridgehead atoms. The van der Waals surface area contributed by atoms with E-state index in [1.165, 1.54) is 0 Å². The SMILES string of the molecule is CCOc1cc(OC)c2ccccc2c1O. The van der Waals surface area contributed by atoms with Gasteiger partial charge >= 0.3 is 0 Å². The Morgan fingerprint density at radius 1 is 1.12 bits per heavy atom. The van der Waals surface area contributed by atoms with E-state index in [1.54, 1.807) is 13.2 Å². The molecule has 0 aliphatic carbocycles. The topological polar surface area (TPSA) is 38.7 Å². The summed E-state index contributed by atoms with van der Waals surface area (Å²) in [5, 5.41) is 11.6. The molecule has 0 saturated carbocycles. The summed E-state index contributed by atoms with van der Waals surface area (Å²) < 4.78 is 10.6. The Labute approximate surface area is 94.2 Å². The lowest BCUT2D eigenvalue weighted by Gasteiger charge is -2.12. The maximum Gasteiger partial charge on any atom is 0.165 e. The highest BCUT2D eigenvalue weighted by atomic mass is 16.5. The van der Waals surface area contributed by atoms with Crippen molar-refractivity contribution in [2.45, 2.75) is 6.92 Å². The molecule has 2 rings (SSSR count). The molecule has 0 radical (unpaired) electrons. The third kappa shape index (κ3) is 1.65. The third-order valence-electron chi connectivity index (χ3n) is 2.46. The molecule has 0 atom stereocenters. The minimum absolute atomic E-state index is 0.165. The fourth-order valence-corrected chi connectivity index (χ4v) is 1.74. The molecule has 1 N–H and O–H groups in total. The zero-order valence-corrected chi connectivity index (χ0v) is 9.36. The Bertz CT molecular complexity index is 506. The van der Waals surface area contributed by atoms with Gasteiger partial charge in [-0.25, -0.2) is 0 Å². The van der Waals surface area contributed by atoms with Crippen molar-refractivity contribution in [2.24, 2.45) is 0 Å². The standard InChI is InChI=1S/C13H14O3/c1-3-16-12-8-11(15-2)9-6-4-5-7-10(9)13(12)14/h4-8,14H,3H2,1-2H3. The molecule has 0 aromatic heterocycles. The Morgan fingerprint density at radius 2 is 1.81 bits per heavy atom. The van der Waals surface area contributed by atoms with E-state index >= 15 is 0 Å². The number of phenolic OH excluding ortho intramolecular Hbond substituents is 1. The van der Waals surface area contributed by atoms with Crippen molar-refractivity contribution in [3.05, 3.63) is 30.3 Å². The summed E-state index contributed by atoms with van der Waals surface area (Å²) in [6, 6.07) is 9.24. The smallest absolute Gasteiger partial charge is 0.165 e. The van der Waals surface area contributed by atoms with Gasteiger partial charge in [-0.2, -0.15) is 0 Å². The summed E-state index contributed by atoms with van der Waals surface area (Å²) in [7, 11) is 1.61. The number of aromatic hydroxyl groups is 1. The number of benzene rings is 2. The molecule has 84 valence electrons. The fourth-order valence-electron chi connectivity index (χ4n) is 1.74. The van der Waals surface area contributed by atoms with Gasteiger partial charge < -0.3 is 14.6 Å². The van der Waals surface area contributed by atoms with Gasteiger partial charge in [0.1, 0.15) is 5.75 Å². The van der Waals surface area contributed by atoms with Crippen molar-refractivity contribution >= 4 is 10.8 Å². The quantitative estimate of drug-likeness (QED) is 0.860. The molecule has 0 aliphatic rings. The van der Waals surface area contributed by atoms with Crippen LogP contribution in [0.15, 0.2) is 30.3 Å². The summed E-state index contributed by atoms with van der Waals surface area (Å²) in [5.41, 5.74) is 0.